The van der Waals surface area contributed by atoms with Gasteiger partial charge in [-0.3, -0.25) is 15.0 Å². The topological polar surface area (TPSA) is 86.3 Å². The number of ether oxygens (including phenoxy) is 4. The van der Waals surface area contributed by atoms with Gasteiger partial charge in [-0.15, -0.1) is 0 Å². The number of hydrazine groups is 1. The standard InChI is InChI=1S/C27H24N2O6S2/c1-32-21-13-18(14-22(33-2)24(21)34-3)15-23-26(31)29(27(36)37-23)28-25(30)19-9-11-20(12-10-19)35-16-17-7-5-4-6-8-17/h4-15H,16H2,1-3H3,(H,28,30)/b23-15+. The molecule has 1 saturated heterocycles. The van der Waals surface area contributed by atoms with E-state index in [0.29, 0.717) is 45.6 Å². The molecule has 0 spiro atoms. The quantitative estimate of drug-likeness (QED) is 0.307. The zero-order chi connectivity index (χ0) is 26.4. The Labute approximate surface area is 224 Å². The third kappa shape index (κ3) is 6.04. The molecule has 1 fully saturated rings. The highest BCUT2D eigenvalue weighted by Crippen LogP contribution is 2.40. The summed E-state index contributed by atoms with van der Waals surface area (Å²) in [6, 6.07) is 19.9. The molecule has 0 radical (unpaired) electrons. The maximum absolute atomic E-state index is 13.0. The Balaban J connectivity index is 1.43. The van der Waals surface area contributed by atoms with Crippen molar-refractivity contribution in [2.75, 3.05) is 21.3 Å². The Morgan fingerprint density at radius 3 is 2.22 bits per heavy atom. The maximum Gasteiger partial charge on any atom is 0.285 e. The average Bonchev–Trinajstić information content (AvgIpc) is 3.19. The third-order valence-corrected chi connectivity index (χ3v) is 6.66. The molecular weight excluding hydrogens is 512 g/mol. The van der Waals surface area contributed by atoms with E-state index in [4.69, 9.17) is 31.2 Å². The molecule has 4 rings (SSSR count). The van der Waals surface area contributed by atoms with Crippen molar-refractivity contribution in [3.05, 3.63) is 88.3 Å². The number of thiocarbonyl (C=S) groups is 1. The lowest BCUT2D eigenvalue weighted by molar-refractivity contribution is -0.123. The second-order valence-electron chi connectivity index (χ2n) is 7.72. The van der Waals surface area contributed by atoms with Gasteiger partial charge in [-0.2, -0.15) is 5.01 Å². The Morgan fingerprint density at radius 2 is 1.62 bits per heavy atom. The van der Waals surface area contributed by atoms with Crippen LogP contribution in [0, 0.1) is 0 Å². The molecule has 3 aromatic carbocycles. The first-order valence-corrected chi connectivity index (χ1v) is 12.3. The number of nitrogens with one attached hydrogen (secondary N) is 1. The molecule has 0 saturated carbocycles. The van der Waals surface area contributed by atoms with Gasteiger partial charge >= 0.3 is 0 Å². The van der Waals surface area contributed by atoms with Gasteiger partial charge in [0.1, 0.15) is 12.4 Å². The Kier molecular flexibility index (Phi) is 8.32. The van der Waals surface area contributed by atoms with Gasteiger partial charge in [-0.1, -0.05) is 42.1 Å². The molecule has 1 aliphatic rings. The Hall–Kier alpha value is -4.02. The van der Waals surface area contributed by atoms with E-state index in [1.165, 1.54) is 21.3 Å². The SMILES string of the molecule is COc1cc(/C=C2/SC(=S)N(NC(=O)c3ccc(OCc4ccccc4)cc3)C2=O)cc(OC)c1OC. The van der Waals surface area contributed by atoms with Crippen LogP contribution in [-0.2, 0) is 11.4 Å². The van der Waals surface area contributed by atoms with Crippen molar-refractivity contribution in [2.24, 2.45) is 0 Å². The van der Waals surface area contributed by atoms with Crippen molar-refractivity contribution in [2.45, 2.75) is 6.61 Å². The zero-order valence-corrected chi connectivity index (χ0v) is 22.0. The lowest BCUT2D eigenvalue weighted by Gasteiger charge is -2.16. The fraction of sp³-hybridized carbons (Fsp3) is 0.148. The average molecular weight is 537 g/mol. The number of nitrogens with zero attached hydrogens (tertiary/aromatic N) is 1. The number of hydrogen-bond donors (Lipinski definition) is 1. The molecule has 190 valence electrons. The molecule has 0 aromatic heterocycles. The number of thioether (sulfide) groups is 1. The normalized spacial score (nSPS) is 14.0. The third-order valence-electron chi connectivity index (χ3n) is 5.36. The summed E-state index contributed by atoms with van der Waals surface area (Å²) < 4.78 is 22.1. The minimum Gasteiger partial charge on any atom is -0.493 e. The smallest absolute Gasteiger partial charge is 0.285 e. The highest BCUT2D eigenvalue weighted by Gasteiger charge is 2.34. The second kappa shape index (κ2) is 11.8. The van der Waals surface area contributed by atoms with Crippen LogP contribution in [0.2, 0.25) is 0 Å². The summed E-state index contributed by atoms with van der Waals surface area (Å²) in [6.07, 6.45) is 1.65. The summed E-state index contributed by atoms with van der Waals surface area (Å²) in [7, 11) is 4.54. The van der Waals surface area contributed by atoms with E-state index in [1.807, 2.05) is 30.3 Å². The first-order valence-electron chi connectivity index (χ1n) is 11.1. The van der Waals surface area contributed by atoms with E-state index in [9.17, 15) is 9.59 Å². The van der Waals surface area contributed by atoms with Gasteiger partial charge in [0.2, 0.25) is 5.75 Å². The molecule has 37 heavy (non-hydrogen) atoms. The molecule has 8 nitrogen and oxygen atoms in total. The maximum atomic E-state index is 13.0. The number of hydrogen-bond acceptors (Lipinski definition) is 8. The second-order valence-corrected chi connectivity index (χ2v) is 9.39. The number of carbonyl (C=O) groups is 2. The molecule has 10 heteroatoms. The van der Waals surface area contributed by atoms with Crippen molar-refractivity contribution in [1.29, 1.82) is 0 Å². The minimum absolute atomic E-state index is 0.208. The molecule has 3 aromatic rings. The van der Waals surface area contributed by atoms with E-state index in [1.54, 1.807) is 42.5 Å². The molecular formula is C27H24N2O6S2. The first-order chi connectivity index (χ1) is 17.9. The number of carbonyl (C=O) groups excluding carboxylic acids is 2. The van der Waals surface area contributed by atoms with Gasteiger partial charge in [0.15, 0.2) is 15.8 Å². The summed E-state index contributed by atoms with van der Waals surface area (Å²) in [6.45, 7) is 0.418. The van der Waals surface area contributed by atoms with E-state index >= 15 is 0 Å². The summed E-state index contributed by atoms with van der Waals surface area (Å²) in [5, 5.41) is 1.06. The highest BCUT2D eigenvalue weighted by molar-refractivity contribution is 8.26. The van der Waals surface area contributed by atoms with E-state index in [2.05, 4.69) is 5.43 Å². The van der Waals surface area contributed by atoms with Gasteiger partial charge in [0, 0.05) is 5.56 Å². The number of benzene rings is 3. The largest absolute Gasteiger partial charge is 0.493 e. The van der Waals surface area contributed by atoms with Gasteiger partial charge in [-0.05, 0) is 65.8 Å². The van der Waals surface area contributed by atoms with E-state index in [-0.39, 0.29) is 4.32 Å². The van der Waals surface area contributed by atoms with Crippen LogP contribution >= 0.6 is 24.0 Å². The molecule has 0 atom stereocenters. The lowest BCUT2D eigenvalue weighted by atomic mass is 10.1. The van der Waals surface area contributed by atoms with Crippen LogP contribution in [0.25, 0.3) is 6.08 Å². The summed E-state index contributed by atoms with van der Waals surface area (Å²) in [5.74, 6) is 1.05. The molecule has 1 heterocycles. The van der Waals surface area contributed by atoms with Crippen molar-refractivity contribution in [3.8, 4) is 23.0 Å². The van der Waals surface area contributed by atoms with Crippen LogP contribution in [0.1, 0.15) is 21.5 Å². The van der Waals surface area contributed by atoms with Gasteiger partial charge in [-0.25, -0.2) is 0 Å². The predicted molar refractivity (Wildman–Crippen MR) is 146 cm³/mol. The Morgan fingerprint density at radius 1 is 0.973 bits per heavy atom. The predicted octanol–water partition coefficient (Wildman–Crippen LogP) is 4.84. The summed E-state index contributed by atoms with van der Waals surface area (Å²) >= 11 is 6.42. The number of amides is 2. The van der Waals surface area contributed by atoms with Crippen LogP contribution in [0.3, 0.4) is 0 Å². The van der Waals surface area contributed by atoms with Crippen LogP contribution in [0.4, 0.5) is 0 Å². The van der Waals surface area contributed by atoms with E-state index in [0.717, 1.165) is 22.3 Å². The highest BCUT2D eigenvalue weighted by atomic mass is 32.2. The minimum atomic E-state index is -0.472. The zero-order valence-electron chi connectivity index (χ0n) is 20.3. The van der Waals surface area contributed by atoms with Gasteiger partial charge < -0.3 is 18.9 Å². The molecule has 0 bridgehead atoms. The number of rotatable bonds is 9. The van der Waals surface area contributed by atoms with Crippen molar-refractivity contribution < 1.29 is 28.5 Å². The molecule has 1 aliphatic heterocycles. The fourth-order valence-corrected chi connectivity index (χ4v) is 4.69. The fourth-order valence-electron chi connectivity index (χ4n) is 3.51. The lowest BCUT2D eigenvalue weighted by Crippen LogP contribution is -2.44. The van der Waals surface area contributed by atoms with Crippen LogP contribution in [0.5, 0.6) is 23.0 Å². The van der Waals surface area contributed by atoms with Crippen molar-refractivity contribution in [1.82, 2.24) is 10.4 Å². The molecule has 2 amide bonds. The number of methoxy groups -OCH3 is 3. The first kappa shape index (κ1) is 26.1. The van der Waals surface area contributed by atoms with Crippen molar-refractivity contribution >= 4 is 46.2 Å². The summed E-state index contributed by atoms with van der Waals surface area (Å²) in [4.78, 5) is 26.2. The Bertz CT molecular complexity index is 1320. The summed E-state index contributed by atoms with van der Waals surface area (Å²) in [5.41, 5.74) is 4.62. The molecule has 0 unspecified atom stereocenters. The van der Waals surface area contributed by atoms with E-state index < -0.39 is 11.8 Å². The van der Waals surface area contributed by atoms with Crippen LogP contribution in [0.15, 0.2) is 71.6 Å². The van der Waals surface area contributed by atoms with Gasteiger partial charge in [0.25, 0.3) is 11.8 Å². The molecule has 1 N–H and O–H groups in total. The van der Waals surface area contributed by atoms with Crippen molar-refractivity contribution in [3.63, 3.8) is 0 Å². The van der Waals surface area contributed by atoms with Crippen LogP contribution < -0.4 is 24.4 Å². The van der Waals surface area contributed by atoms with Gasteiger partial charge in [0.05, 0.1) is 26.2 Å². The van der Waals surface area contributed by atoms with Crippen LogP contribution in [-0.4, -0.2) is 42.5 Å². The molecule has 0 aliphatic carbocycles. The monoisotopic (exact) mass is 536 g/mol.